The quantitative estimate of drug-likeness (QED) is 0.203. The van der Waals surface area contributed by atoms with Crippen LogP contribution in [0.2, 0.25) is 15.1 Å². The Morgan fingerprint density at radius 2 is 1.27 bits per heavy atom. The zero-order valence-electron chi connectivity index (χ0n) is 20.1. The van der Waals surface area contributed by atoms with E-state index < -0.39 is 35.7 Å². The lowest BCUT2D eigenvalue weighted by molar-refractivity contribution is -0.167. The number of halogens is 8. The molecule has 3 aromatic carbocycles. The fourth-order valence-corrected chi connectivity index (χ4v) is 5.12. The summed E-state index contributed by atoms with van der Waals surface area (Å²) >= 11 is 30.7. The Balaban J connectivity index is 1.73. The molecule has 40 heavy (non-hydrogen) atoms. The Labute approximate surface area is 252 Å². The van der Waals surface area contributed by atoms with Gasteiger partial charge in [0, 0.05) is 44.8 Å². The number of nitrogens with one attached hydrogen (secondary N) is 3. The van der Waals surface area contributed by atoms with E-state index in [1.54, 1.807) is 23.5 Å². The first-order valence-electron chi connectivity index (χ1n) is 11.3. The number of anilines is 3. The number of rotatable bonds is 9. The number of carbonyl (C=O) groups excluding carboxylic acids is 3. The van der Waals surface area contributed by atoms with Crippen molar-refractivity contribution in [2.24, 2.45) is 5.92 Å². The van der Waals surface area contributed by atoms with E-state index in [9.17, 15) is 27.6 Å². The van der Waals surface area contributed by atoms with Gasteiger partial charge in [-0.3, -0.25) is 14.4 Å². The summed E-state index contributed by atoms with van der Waals surface area (Å²) in [4.78, 5) is 37.1. The highest BCUT2D eigenvalue weighted by atomic mass is 35.5. The summed E-state index contributed by atoms with van der Waals surface area (Å²) < 4.78 is 37.3. The van der Waals surface area contributed by atoms with E-state index >= 15 is 0 Å². The van der Waals surface area contributed by atoms with Crippen LogP contribution in [0.15, 0.2) is 60.7 Å². The van der Waals surface area contributed by atoms with E-state index in [1.807, 2.05) is 0 Å². The molecule has 14 heteroatoms. The van der Waals surface area contributed by atoms with Crippen LogP contribution in [-0.2, 0) is 9.59 Å². The average molecular weight is 656 g/mol. The fourth-order valence-electron chi connectivity index (χ4n) is 3.63. The van der Waals surface area contributed by atoms with Crippen LogP contribution in [-0.4, -0.2) is 35.7 Å². The molecule has 0 bridgehead atoms. The summed E-state index contributed by atoms with van der Waals surface area (Å²) in [5, 5.41) is 7.79. The number of hydrogen-bond donors (Lipinski definition) is 3. The van der Waals surface area contributed by atoms with E-state index in [0.717, 1.165) is 0 Å². The summed E-state index contributed by atoms with van der Waals surface area (Å²) in [7, 11) is 0. The minimum Gasteiger partial charge on any atom is -0.326 e. The first-order valence-corrected chi connectivity index (χ1v) is 13.5. The molecular weight excluding hydrogens is 637 g/mol. The summed E-state index contributed by atoms with van der Waals surface area (Å²) in [6, 6.07) is 14.1. The predicted molar refractivity (Wildman–Crippen MR) is 153 cm³/mol. The van der Waals surface area contributed by atoms with E-state index in [4.69, 9.17) is 58.0 Å². The second-order valence-corrected chi connectivity index (χ2v) is 10.3. The number of amides is 3. The maximum atomic E-state index is 13.2. The maximum Gasteiger partial charge on any atom is 0.471 e. The molecule has 0 aliphatic heterocycles. The second-order valence-electron chi connectivity index (χ2n) is 8.39. The Morgan fingerprint density at radius 1 is 0.725 bits per heavy atom. The molecule has 3 rings (SSSR count). The van der Waals surface area contributed by atoms with Crippen LogP contribution in [0.3, 0.4) is 0 Å². The first kappa shape index (κ1) is 31.8. The minimum absolute atomic E-state index is 0.00635. The molecule has 0 heterocycles. The van der Waals surface area contributed by atoms with Crippen LogP contribution < -0.4 is 16.0 Å². The van der Waals surface area contributed by atoms with Crippen LogP contribution in [0, 0.1) is 5.92 Å². The van der Waals surface area contributed by atoms with Crippen LogP contribution in [0.5, 0.6) is 0 Å². The van der Waals surface area contributed by atoms with Gasteiger partial charge in [0.2, 0.25) is 5.91 Å². The van der Waals surface area contributed by atoms with E-state index in [1.165, 1.54) is 42.5 Å². The summed E-state index contributed by atoms with van der Waals surface area (Å²) in [5.41, 5.74) is 0.984. The topological polar surface area (TPSA) is 87.3 Å². The molecule has 212 valence electrons. The molecule has 2 unspecified atom stereocenters. The van der Waals surface area contributed by atoms with Gasteiger partial charge in [-0.15, -0.1) is 23.2 Å². The minimum atomic E-state index is -5.04. The molecule has 3 amide bonds. The van der Waals surface area contributed by atoms with Gasteiger partial charge in [-0.05, 0) is 66.2 Å². The van der Waals surface area contributed by atoms with Gasteiger partial charge in [-0.1, -0.05) is 34.8 Å². The Morgan fingerprint density at radius 3 is 1.80 bits per heavy atom. The molecule has 0 fully saturated rings. The molecule has 3 N–H and O–H groups in total. The van der Waals surface area contributed by atoms with Gasteiger partial charge in [0.25, 0.3) is 5.91 Å². The monoisotopic (exact) mass is 653 g/mol. The molecule has 0 aliphatic rings. The standard InChI is InChI=1S/C26H19Cl5F3N3O3/c27-11-20(13-7-14(29)9-15(30)8-13)21(12-28)24(39)36-18-5-6-22(31)19(10-18)23(38)35-16-1-3-17(4-2-16)37-25(40)26(32,33)34/h1-10,20-21H,11-12H2,(H,35,38)(H,36,39)(H,37,40). The Kier molecular flexibility index (Phi) is 11.0. The van der Waals surface area contributed by atoms with Crippen molar-refractivity contribution in [3.8, 4) is 0 Å². The SMILES string of the molecule is O=C(Nc1ccc(NC(=O)C(F)(F)F)cc1)c1cc(NC(=O)C(CCl)C(CCl)c2cc(Cl)cc(Cl)c2)ccc1Cl. The van der Waals surface area contributed by atoms with Crippen molar-refractivity contribution in [1.29, 1.82) is 0 Å². The van der Waals surface area contributed by atoms with E-state index in [-0.39, 0.29) is 39.4 Å². The zero-order chi connectivity index (χ0) is 29.6. The van der Waals surface area contributed by atoms with Gasteiger partial charge < -0.3 is 16.0 Å². The maximum absolute atomic E-state index is 13.2. The molecule has 0 saturated carbocycles. The van der Waals surface area contributed by atoms with Crippen LogP contribution in [0.4, 0.5) is 30.2 Å². The summed E-state index contributed by atoms with van der Waals surface area (Å²) in [6.45, 7) is 0. The number of hydrogen-bond acceptors (Lipinski definition) is 3. The van der Waals surface area contributed by atoms with Gasteiger partial charge in [-0.25, -0.2) is 0 Å². The Hall–Kier alpha value is -2.69. The predicted octanol–water partition coefficient (Wildman–Crippen LogP) is 8.22. The number of benzene rings is 3. The van der Waals surface area contributed by atoms with Gasteiger partial charge >= 0.3 is 12.1 Å². The molecule has 0 radical (unpaired) electrons. The molecular formula is C26H19Cl5F3N3O3. The number of alkyl halides is 5. The summed E-state index contributed by atoms with van der Waals surface area (Å²) in [5.74, 6) is -4.58. The van der Waals surface area contributed by atoms with Crippen molar-refractivity contribution in [3.05, 3.63) is 86.9 Å². The third-order valence-electron chi connectivity index (χ3n) is 5.60. The average Bonchev–Trinajstić information content (AvgIpc) is 2.88. The molecule has 0 aromatic heterocycles. The molecule has 0 spiro atoms. The molecule has 6 nitrogen and oxygen atoms in total. The lowest BCUT2D eigenvalue weighted by Gasteiger charge is -2.24. The lowest BCUT2D eigenvalue weighted by atomic mass is 9.88. The van der Waals surface area contributed by atoms with Crippen LogP contribution in [0.25, 0.3) is 0 Å². The van der Waals surface area contributed by atoms with Crippen molar-refractivity contribution in [2.45, 2.75) is 12.1 Å². The molecule has 3 aromatic rings. The van der Waals surface area contributed by atoms with E-state index in [0.29, 0.717) is 15.6 Å². The molecule has 0 aliphatic carbocycles. The van der Waals surface area contributed by atoms with Crippen molar-refractivity contribution < 1.29 is 27.6 Å². The van der Waals surface area contributed by atoms with E-state index in [2.05, 4.69) is 10.6 Å². The second kappa shape index (κ2) is 13.8. The number of carbonyl (C=O) groups is 3. The highest BCUT2D eigenvalue weighted by molar-refractivity contribution is 6.35. The fraction of sp³-hybridized carbons (Fsp3) is 0.192. The van der Waals surface area contributed by atoms with Crippen molar-refractivity contribution >= 4 is 92.8 Å². The van der Waals surface area contributed by atoms with Gasteiger partial charge in [0.05, 0.1) is 16.5 Å². The highest BCUT2D eigenvalue weighted by Crippen LogP contribution is 2.33. The first-order chi connectivity index (χ1) is 18.8. The molecule has 0 saturated heterocycles. The van der Waals surface area contributed by atoms with Crippen molar-refractivity contribution in [3.63, 3.8) is 0 Å². The normalized spacial score (nSPS) is 12.8. The van der Waals surface area contributed by atoms with Gasteiger partial charge in [0.1, 0.15) is 0 Å². The zero-order valence-corrected chi connectivity index (χ0v) is 23.9. The van der Waals surface area contributed by atoms with Crippen LogP contribution >= 0.6 is 58.0 Å². The third kappa shape index (κ3) is 8.41. The van der Waals surface area contributed by atoms with Crippen molar-refractivity contribution in [2.75, 3.05) is 27.7 Å². The van der Waals surface area contributed by atoms with Crippen LogP contribution in [0.1, 0.15) is 21.8 Å². The Bertz CT molecular complexity index is 1380. The molecule has 2 atom stereocenters. The summed E-state index contributed by atoms with van der Waals surface area (Å²) in [6.07, 6.45) is -5.04. The highest BCUT2D eigenvalue weighted by Gasteiger charge is 2.38. The van der Waals surface area contributed by atoms with Crippen molar-refractivity contribution in [1.82, 2.24) is 0 Å². The lowest BCUT2D eigenvalue weighted by Crippen LogP contribution is -2.30. The largest absolute Gasteiger partial charge is 0.471 e. The van der Waals surface area contributed by atoms with Gasteiger partial charge in [0.15, 0.2) is 0 Å². The van der Waals surface area contributed by atoms with Gasteiger partial charge in [-0.2, -0.15) is 13.2 Å². The smallest absolute Gasteiger partial charge is 0.326 e. The third-order valence-corrected chi connectivity index (χ3v) is 7.04.